The van der Waals surface area contributed by atoms with Gasteiger partial charge in [0.25, 0.3) is 0 Å². The first-order valence-corrected chi connectivity index (χ1v) is 9.93. The molecule has 0 bridgehead atoms. The highest BCUT2D eigenvalue weighted by Crippen LogP contribution is 2.42. The van der Waals surface area contributed by atoms with Crippen molar-refractivity contribution in [1.29, 1.82) is 0 Å². The maximum Gasteiger partial charge on any atom is 0.338 e. The summed E-state index contributed by atoms with van der Waals surface area (Å²) in [5.74, 6) is -3.38. The van der Waals surface area contributed by atoms with E-state index in [1.54, 1.807) is 0 Å². The summed E-state index contributed by atoms with van der Waals surface area (Å²) in [7, 11) is 0. The molecule has 176 valence electrons. The molecule has 0 atom stereocenters. The Morgan fingerprint density at radius 2 is 1.00 bits per heavy atom. The maximum absolute atomic E-state index is 12.4. The van der Waals surface area contributed by atoms with Crippen molar-refractivity contribution in [3.05, 3.63) is 72.9 Å². The van der Waals surface area contributed by atoms with Crippen LogP contribution in [0.2, 0.25) is 0 Å². The molecule has 0 fully saturated rings. The van der Waals surface area contributed by atoms with Gasteiger partial charge in [0.05, 0.1) is 0 Å². The van der Waals surface area contributed by atoms with Crippen LogP contribution in [0.15, 0.2) is 72.9 Å². The fourth-order valence-corrected chi connectivity index (χ4v) is 2.41. The molecule has 34 heavy (non-hydrogen) atoms. The fourth-order valence-electron chi connectivity index (χ4n) is 2.41. The molecule has 0 aliphatic carbocycles. The van der Waals surface area contributed by atoms with E-state index in [4.69, 9.17) is 18.9 Å². The molecule has 0 amide bonds. The van der Waals surface area contributed by atoms with Crippen molar-refractivity contribution >= 4 is 34.6 Å². The van der Waals surface area contributed by atoms with Crippen LogP contribution >= 0.6 is 0 Å². The van der Waals surface area contributed by atoms with Crippen molar-refractivity contribution in [3.8, 4) is 23.0 Å². The number of fused-ring (bicyclic) bond motifs is 1. The third kappa shape index (κ3) is 6.07. The predicted octanol–water partition coefficient (Wildman–Crippen LogP) is 4.77. The Balaban J connectivity index is 2.84. The number of esters is 4. The predicted molar refractivity (Wildman–Crippen MR) is 126 cm³/mol. The minimum Gasteiger partial charge on any atom is -0.423 e. The molecule has 2 aromatic rings. The van der Waals surface area contributed by atoms with E-state index in [1.807, 2.05) is 0 Å². The van der Waals surface area contributed by atoms with E-state index in [2.05, 4.69) is 26.3 Å². The Morgan fingerprint density at radius 1 is 0.559 bits per heavy atom. The second kappa shape index (κ2) is 10.4. The normalized spacial score (nSPS) is 10.1. The summed E-state index contributed by atoms with van der Waals surface area (Å²) in [4.78, 5) is 48.8. The van der Waals surface area contributed by atoms with Crippen molar-refractivity contribution < 1.29 is 38.1 Å². The average Bonchev–Trinajstić information content (AvgIpc) is 2.74. The molecular formula is C26H24O8. The lowest BCUT2D eigenvalue weighted by molar-refractivity contribution is -0.132. The van der Waals surface area contributed by atoms with Gasteiger partial charge >= 0.3 is 23.9 Å². The van der Waals surface area contributed by atoms with Gasteiger partial charge in [-0.2, -0.15) is 0 Å². The minimum absolute atomic E-state index is 0.0135. The van der Waals surface area contributed by atoms with Gasteiger partial charge in [-0.25, -0.2) is 19.2 Å². The Bertz CT molecular complexity index is 1280. The van der Waals surface area contributed by atoms with Crippen molar-refractivity contribution in [2.24, 2.45) is 0 Å². The summed E-state index contributed by atoms with van der Waals surface area (Å²) < 4.78 is 21.5. The zero-order valence-corrected chi connectivity index (χ0v) is 19.4. The van der Waals surface area contributed by atoms with Crippen LogP contribution in [0.5, 0.6) is 23.0 Å². The van der Waals surface area contributed by atoms with Gasteiger partial charge in [0.2, 0.25) is 0 Å². The van der Waals surface area contributed by atoms with E-state index in [9.17, 15) is 19.2 Å². The van der Waals surface area contributed by atoms with Crippen LogP contribution in [0.3, 0.4) is 0 Å². The fraction of sp³-hybridized carbons (Fsp3) is 0.154. The summed E-state index contributed by atoms with van der Waals surface area (Å²) in [5, 5.41) is 0.447. The topological polar surface area (TPSA) is 105 Å². The molecule has 0 heterocycles. The summed E-state index contributed by atoms with van der Waals surface area (Å²) in [6.45, 7) is 20.0. The average molecular weight is 464 g/mol. The second-order valence-corrected chi connectivity index (χ2v) is 7.59. The molecule has 0 aliphatic heterocycles. The monoisotopic (exact) mass is 464 g/mol. The molecule has 8 nitrogen and oxygen atoms in total. The van der Waals surface area contributed by atoms with Crippen molar-refractivity contribution in [2.75, 3.05) is 0 Å². The van der Waals surface area contributed by atoms with Gasteiger partial charge in [0.15, 0.2) is 11.5 Å². The lowest BCUT2D eigenvalue weighted by atomic mass is 10.1. The van der Waals surface area contributed by atoms with Crippen LogP contribution < -0.4 is 18.9 Å². The maximum atomic E-state index is 12.4. The lowest BCUT2D eigenvalue weighted by Gasteiger charge is -2.16. The summed E-state index contributed by atoms with van der Waals surface area (Å²) in [5.41, 5.74) is 0.433. The van der Waals surface area contributed by atoms with Crippen LogP contribution in [-0.2, 0) is 19.2 Å². The molecule has 8 heteroatoms. The first-order chi connectivity index (χ1) is 15.8. The van der Waals surface area contributed by atoms with Crippen LogP contribution in [-0.4, -0.2) is 23.9 Å². The molecule has 0 aromatic heterocycles. The smallest absolute Gasteiger partial charge is 0.338 e. The van der Waals surface area contributed by atoms with E-state index in [0.717, 1.165) is 0 Å². The highest BCUT2D eigenvalue weighted by molar-refractivity contribution is 6.02. The van der Waals surface area contributed by atoms with Gasteiger partial charge in [-0.1, -0.05) is 26.3 Å². The molecular weight excluding hydrogens is 440 g/mol. The van der Waals surface area contributed by atoms with Gasteiger partial charge < -0.3 is 18.9 Å². The van der Waals surface area contributed by atoms with Crippen molar-refractivity contribution in [3.63, 3.8) is 0 Å². The molecule has 0 saturated carbocycles. The summed E-state index contributed by atoms with van der Waals surface area (Å²) in [6, 6.07) is 5.53. The first kappa shape index (κ1) is 25.8. The molecule has 0 aliphatic rings. The van der Waals surface area contributed by atoms with Gasteiger partial charge in [0, 0.05) is 39.1 Å². The Hall–Kier alpha value is -4.46. The number of ether oxygens (including phenoxy) is 4. The Labute approximate surface area is 196 Å². The summed E-state index contributed by atoms with van der Waals surface area (Å²) >= 11 is 0. The zero-order valence-electron chi connectivity index (χ0n) is 19.4. The van der Waals surface area contributed by atoms with Crippen LogP contribution in [0.4, 0.5) is 0 Å². The number of hydrogen-bond donors (Lipinski definition) is 0. The first-order valence-electron chi connectivity index (χ1n) is 9.93. The molecule has 0 N–H and O–H groups in total. The van der Waals surface area contributed by atoms with E-state index in [1.165, 1.54) is 52.0 Å². The van der Waals surface area contributed by atoms with Gasteiger partial charge in [-0.05, 0) is 45.9 Å². The third-order valence-corrected chi connectivity index (χ3v) is 4.19. The molecule has 2 rings (SSSR count). The number of carbonyl (C=O) groups excluding carboxylic acids is 4. The SMILES string of the molecule is C=C(C)C(=O)Oc1cc(OC(=O)C(=C)C)c2ccc(OC(=O)C(=C)C)c(OC(=O)C(=C)C)c2c1. The van der Waals surface area contributed by atoms with Crippen LogP contribution in [0.1, 0.15) is 27.7 Å². The van der Waals surface area contributed by atoms with Gasteiger partial charge in [-0.3, -0.25) is 0 Å². The van der Waals surface area contributed by atoms with E-state index in [-0.39, 0.29) is 50.7 Å². The van der Waals surface area contributed by atoms with Crippen LogP contribution in [0.25, 0.3) is 10.8 Å². The molecule has 0 saturated heterocycles. The Kier molecular flexibility index (Phi) is 7.92. The molecule has 0 unspecified atom stereocenters. The van der Waals surface area contributed by atoms with Crippen molar-refractivity contribution in [1.82, 2.24) is 0 Å². The standard InChI is InChI=1S/C26H24O8/c1-13(2)23(27)31-17-11-19-18(21(12-17)33-25(29)15(5)6)9-10-20(32-24(28)14(3)4)22(19)34-26(30)16(7)8/h9-12H,1,3,5,7H2,2,4,6,8H3. The number of rotatable bonds is 8. The van der Waals surface area contributed by atoms with Crippen molar-refractivity contribution in [2.45, 2.75) is 27.7 Å². The number of carbonyl (C=O) groups is 4. The van der Waals surface area contributed by atoms with E-state index in [0.29, 0.717) is 5.39 Å². The number of benzene rings is 2. The summed E-state index contributed by atoms with van der Waals surface area (Å²) in [6.07, 6.45) is 0. The van der Waals surface area contributed by atoms with Gasteiger partial charge in [0.1, 0.15) is 11.5 Å². The minimum atomic E-state index is -0.801. The van der Waals surface area contributed by atoms with Crippen LogP contribution in [0, 0.1) is 0 Å². The van der Waals surface area contributed by atoms with E-state index < -0.39 is 23.9 Å². The highest BCUT2D eigenvalue weighted by Gasteiger charge is 2.22. The molecule has 2 aromatic carbocycles. The zero-order chi connectivity index (χ0) is 25.7. The molecule has 0 spiro atoms. The number of hydrogen-bond acceptors (Lipinski definition) is 8. The largest absolute Gasteiger partial charge is 0.423 e. The third-order valence-electron chi connectivity index (χ3n) is 4.19. The molecule has 0 radical (unpaired) electrons. The Morgan fingerprint density at radius 3 is 1.50 bits per heavy atom. The van der Waals surface area contributed by atoms with E-state index >= 15 is 0 Å². The van der Waals surface area contributed by atoms with Gasteiger partial charge in [-0.15, -0.1) is 0 Å². The highest BCUT2D eigenvalue weighted by atomic mass is 16.6. The second-order valence-electron chi connectivity index (χ2n) is 7.59. The lowest BCUT2D eigenvalue weighted by Crippen LogP contribution is -2.14. The quantitative estimate of drug-likeness (QED) is 0.313.